The molecule has 0 N–H and O–H groups in total. The summed E-state index contributed by atoms with van der Waals surface area (Å²) in [6.45, 7) is 0. The van der Waals surface area contributed by atoms with E-state index in [0.29, 0.717) is 0 Å². The van der Waals surface area contributed by atoms with E-state index >= 15 is 0 Å². The first-order chi connectivity index (χ1) is 6.95. The van der Waals surface area contributed by atoms with Crippen LogP contribution < -0.4 is 0 Å². The molecule has 0 radical (unpaired) electrons. The van der Waals surface area contributed by atoms with Crippen LogP contribution in [0.25, 0.3) is 0 Å². The van der Waals surface area contributed by atoms with E-state index in [2.05, 4.69) is 17.1 Å². The van der Waals surface area contributed by atoms with Crippen molar-refractivity contribution in [3.63, 3.8) is 0 Å². The standard InChI is InChI=1S/C13H17N/c1-2-6-11-9(4-1)8-13-10-5-3-7-12(10)14(11)13/h2,6,10,12-13H,1,3-5,7-8H2. The number of hydrogen-bond donors (Lipinski definition) is 0. The maximum Gasteiger partial charge on any atom is 0.0378 e. The minimum absolute atomic E-state index is 0.926. The Morgan fingerprint density at radius 3 is 3.21 bits per heavy atom. The summed E-state index contributed by atoms with van der Waals surface area (Å²) in [5.74, 6) is 1.06. The fourth-order valence-electron chi connectivity index (χ4n) is 4.15. The largest absolute Gasteiger partial charge is 0.365 e. The van der Waals surface area contributed by atoms with Crippen molar-refractivity contribution >= 4 is 0 Å². The molecule has 4 rings (SSSR count). The molecule has 74 valence electrons. The molecular weight excluding hydrogens is 170 g/mol. The van der Waals surface area contributed by atoms with Crippen molar-refractivity contribution < 1.29 is 0 Å². The molecule has 0 aromatic carbocycles. The minimum Gasteiger partial charge on any atom is -0.365 e. The maximum absolute atomic E-state index is 2.75. The van der Waals surface area contributed by atoms with Crippen LogP contribution in [-0.2, 0) is 0 Å². The molecule has 3 atom stereocenters. The number of rotatable bonds is 0. The van der Waals surface area contributed by atoms with Gasteiger partial charge in [0, 0.05) is 17.8 Å². The lowest BCUT2D eigenvalue weighted by molar-refractivity contribution is 0.0151. The summed E-state index contributed by atoms with van der Waals surface area (Å²) < 4.78 is 0. The van der Waals surface area contributed by atoms with E-state index in [1.807, 2.05) is 0 Å². The average Bonchev–Trinajstić information content (AvgIpc) is 2.72. The molecule has 0 bridgehead atoms. The topological polar surface area (TPSA) is 3.24 Å². The van der Waals surface area contributed by atoms with Gasteiger partial charge in [0.1, 0.15) is 0 Å². The van der Waals surface area contributed by atoms with Gasteiger partial charge in [-0.1, -0.05) is 12.5 Å². The number of hydrogen-bond acceptors (Lipinski definition) is 1. The van der Waals surface area contributed by atoms with Crippen LogP contribution in [0.1, 0.15) is 38.5 Å². The summed E-state index contributed by atoms with van der Waals surface area (Å²) in [6.07, 6.45) is 13.3. The molecule has 0 aromatic heterocycles. The molecule has 4 aliphatic rings. The molecule has 0 spiro atoms. The van der Waals surface area contributed by atoms with Crippen molar-refractivity contribution in [2.24, 2.45) is 5.92 Å². The van der Waals surface area contributed by atoms with Crippen molar-refractivity contribution in [2.75, 3.05) is 0 Å². The Kier molecular flexibility index (Phi) is 1.32. The maximum atomic E-state index is 2.75. The van der Waals surface area contributed by atoms with Gasteiger partial charge < -0.3 is 4.90 Å². The lowest BCUT2D eigenvalue weighted by atomic mass is 9.82. The summed E-state index contributed by atoms with van der Waals surface area (Å²) in [4.78, 5) is 2.75. The average molecular weight is 187 g/mol. The SMILES string of the molecule is C1=CC2=C(CC1)CC1C3CCCC3N21. The zero-order chi connectivity index (χ0) is 9.12. The van der Waals surface area contributed by atoms with Crippen LogP contribution in [0.2, 0.25) is 0 Å². The molecule has 0 amide bonds. The quantitative estimate of drug-likeness (QED) is 0.563. The van der Waals surface area contributed by atoms with Crippen molar-refractivity contribution in [1.29, 1.82) is 0 Å². The highest BCUT2D eigenvalue weighted by atomic mass is 15.3. The fraction of sp³-hybridized carbons (Fsp3) is 0.692. The molecule has 1 saturated carbocycles. The van der Waals surface area contributed by atoms with Crippen LogP contribution in [0.5, 0.6) is 0 Å². The van der Waals surface area contributed by atoms with Gasteiger partial charge in [0.25, 0.3) is 0 Å². The Hall–Kier alpha value is -0.720. The van der Waals surface area contributed by atoms with Gasteiger partial charge in [-0.05, 0) is 49.7 Å². The summed E-state index contributed by atoms with van der Waals surface area (Å²) >= 11 is 0. The smallest absolute Gasteiger partial charge is 0.0378 e. The number of fused-ring (bicyclic) bond motifs is 5. The van der Waals surface area contributed by atoms with E-state index in [0.717, 1.165) is 18.0 Å². The molecule has 14 heavy (non-hydrogen) atoms. The van der Waals surface area contributed by atoms with Gasteiger partial charge in [-0.3, -0.25) is 0 Å². The Bertz CT molecular complexity index is 339. The third-order valence-electron chi connectivity index (χ3n) is 4.72. The second-order valence-corrected chi connectivity index (χ2v) is 5.27. The number of allylic oxidation sites excluding steroid dienone is 2. The highest BCUT2D eigenvalue weighted by Crippen LogP contribution is 2.54. The first-order valence-electron chi connectivity index (χ1n) is 6.12. The van der Waals surface area contributed by atoms with Crippen molar-refractivity contribution in [1.82, 2.24) is 4.90 Å². The van der Waals surface area contributed by atoms with Crippen LogP contribution in [0, 0.1) is 5.92 Å². The van der Waals surface area contributed by atoms with Gasteiger partial charge in [-0.2, -0.15) is 0 Å². The van der Waals surface area contributed by atoms with Crippen LogP contribution in [-0.4, -0.2) is 17.0 Å². The van der Waals surface area contributed by atoms with Crippen molar-refractivity contribution in [3.05, 3.63) is 23.4 Å². The van der Waals surface area contributed by atoms with Crippen LogP contribution in [0.15, 0.2) is 23.4 Å². The predicted molar refractivity (Wildman–Crippen MR) is 56.8 cm³/mol. The van der Waals surface area contributed by atoms with Gasteiger partial charge in [0.15, 0.2) is 0 Å². The molecular formula is C13H17N. The summed E-state index contributed by atoms with van der Waals surface area (Å²) in [7, 11) is 0. The second-order valence-electron chi connectivity index (χ2n) is 5.27. The van der Waals surface area contributed by atoms with E-state index < -0.39 is 0 Å². The van der Waals surface area contributed by atoms with Gasteiger partial charge >= 0.3 is 0 Å². The molecule has 0 aromatic rings. The molecule has 3 unspecified atom stereocenters. The Labute approximate surface area is 85.5 Å². The Balaban J connectivity index is 1.71. The zero-order valence-electron chi connectivity index (χ0n) is 8.58. The Morgan fingerprint density at radius 1 is 1.21 bits per heavy atom. The molecule has 2 aliphatic carbocycles. The lowest BCUT2D eigenvalue weighted by Crippen LogP contribution is -2.57. The normalized spacial score (nSPS) is 43.4. The van der Waals surface area contributed by atoms with E-state index in [4.69, 9.17) is 0 Å². The molecule has 1 saturated heterocycles. The molecule has 2 fully saturated rings. The van der Waals surface area contributed by atoms with Crippen molar-refractivity contribution in [2.45, 2.75) is 50.6 Å². The third kappa shape index (κ3) is 0.735. The summed E-state index contributed by atoms with van der Waals surface area (Å²) in [5.41, 5.74) is 3.40. The van der Waals surface area contributed by atoms with Crippen LogP contribution in [0.4, 0.5) is 0 Å². The molecule has 1 nitrogen and oxygen atoms in total. The van der Waals surface area contributed by atoms with Gasteiger partial charge in [0.2, 0.25) is 0 Å². The lowest BCUT2D eigenvalue weighted by Gasteiger charge is -2.51. The summed E-state index contributed by atoms with van der Waals surface area (Å²) in [5, 5.41) is 0. The van der Waals surface area contributed by atoms with Crippen LogP contribution in [0.3, 0.4) is 0 Å². The van der Waals surface area contributed by atoms with Crippen LogP contribution >= 0.6 is 0 Å². The van der Waals surface area contributed by atoms with Gasteiger partial charge in [-0.15, -0.1) is 0 Å². The van der Waals surface area contributed by atoms with E-state index in [-0.39, 0.29) is 0 Å². The third-order valence-corrected chi connectivity index (χ3v) is 4.72. The first-order valence-corrected chi connectivity index (χ1v) is 6.12. The first kappa shape index (κ1) is 7.56. The highest BCUT2D eigenvalue weighted by molar-refractivity contribution is 5.38. The summed E-state index contributed by atoms with van der Waals surface area (Å²) in [6, 6.07) is 1.87. The van der Waals surface area contributed by atoms with Crippen molar-refractivity contribution in [3.8, 4) is 0 Å². The molecule has 1 heteroatoms. The van der Waals surface area contributed by atoms with E-state index in [9.17, 15) is 0 Å². The Morgan fingerprint density at radius 2 is 2.21 bits per heavy atom. The zero-order valence-corrected chi connectivity index (χ0v) is 8.58. The second kappa shape index (κ2) is 2.44. The van der Waals surface area contributed by atoms with Gasteiger partial charge in [0.05, 0.1) is 0 Å². The highest BCUT2D eigenvalue weighted by Gasteiger charge is 2.54. The number of nitrogens with zero attached hydrogens (tertiary/aromatic N) is 1. The van der Waals surface area contributed by atoms with Gasteiger partial charge in [-0.25, -0.2) is 0 Å². The predicted octanol–water partition coefficient (Wildman–Crippen LogP) is 2.85. The minimum atomic E-state index is 0.926. The van der Waals surface area contributed by atoms with E-state index in [1.54, 1.807) is 11.3 Å². The fourth-order valence-corrected chi connectivity index (χ4v) is 4.15. The monoisotopic (exact) mass is 187 g/mol. The molecule has 2 aliphatic heterocycles. The van der Waals surface area contributed by atoms with E-state index in [1.165, 1.54) is 38.5 Å². The molecule has 2 heterocycles.